The number of aryl methyl sites for hydroxylation is 1. The van der Waals surface area contributed by atoms with E-state index in [-0.39, 0.29) is 24.0 Å². The number of aromatic nitrogens is 2. The van der Waals surface area contributed by atoms with Crippen LogP contribution >= 0.6 is 11.3 Å². The SMILES string of the molecule is Cc1cnn(C(C)C(C)NCC(=O)N2CCCC2c2cccs2)c1. The number of carbonyl (C=O) groups excluding carboxylic acids is 1. The van der Waals surface area contributed by atoms with Gasteiger partial charge in [-0.05, 0) is 50.6 Å². The van der Waals surface area contributed by atoms with Crippen LogP contribution in [0.1, 0.15) is 49.2 Å². The van der Waals surface area contributed by atoms with Crippen molar-refractivity contribution in [2.45, 2.75) is 51.7 Å². The van der Waals surface area contributed by atoms with E-state index in [2.05, 4.69) is 41.8 Å². The number of rotatable bonds is 6. The standard InChI is InChI=1S/C18H26N4OS/c1-13-10-20-22(12-13)15(3)14(2)19-11-18(23)21-8-4-6-16(21)17-7-5-9-24-17/h5,7,9-10,12,14-16,19H,4,6,8,11H2,1-3H3. The predicted octanol–water partition coefficient (Wildman–Crippen LogP) is 3.16. The fourth-order valence-corrected chi connectivity index (χ4v) is 4.12. The topological polar surface area (TPSA) is 50.2 Å². The Labute approximate surface area is 147 Å². The van der Waals surface area contributed by atoms with Crippen LogP contribution in [0.4, 0.5) is 0 Å². The van der Waals surface area contributed by atoms with Crippen LogP contribution in [0.15, 0.2) is 29.9 Å². The Kier molecular flexibility index (Phi) is 5.36. The van der Waals surface area contributed by atoms with Gasteiger partial charge in [0.05, 0.1) is 24.8 Å². The van der Waals surface area contributed by atoms with Gasteiger partial charge in [0.15, 0.2) is 0 Å². The monoisotopic (exact) mass is 346 g/mol. The van der Waals surface area contributed by atoms with Gasteiger partial charge in [0.2, 0.25) is 5.91 Å². The summed E-state index contributed by atoms with van der Waals surface area (Å²) in [5.41, 5.74) is 1.15. The lowest BCUT2D eigenvalue weighted by Gasteiger charge is -2.26. The first kappa shape index (κ1) is 17.2. The van der Waals surface area contributed by atoms with Crippen LogP contribution in [-0.2, 0) is 4.79 Å². The first-order valence-electron chi connectivity index (χ1n) is 8.63. The van der Waals surface area contributed by atoms with E-state index >= 15 is 0 Å². The molecule has 0 spiro atoms. The lowest BCUT2D eigenvalue weighted by molar-refractivity contribution is -0.131. The summed E-state index contributed by atoms with van der Waals surface area (Å²) in [4.78, 5) is 16.0. The molecule has 3 rings (SSSR count). The van der Waals surface area contributed by atoms with E-state index in [1.807, 2.05) is 28.9 Å². The molecule has 3 atom stereocenters. The molecule has 0 saturated carbocycles. The van der Waals surface area contributed by atoms with E-state index in [0.717, 1.165) is 24.9 Å². The average Bonchev–Trinajstić information content (AvgIpc) is 3.30. The smallest absolute Gasteiger partial charge is 0.237 e. The maximum Gasteiger partial charge on any atom is 0.237 e. The van der Waals surface area contributed by atoms with Crippen LogP contribution in [0.25, 0.3) is 0 Å². The quantitative estimate of drug-likeness (QED) is 0.874. The minimum Gasteiger partial charge on any atom is -0.334 e. The molecule has 5 nitrogen and oxygen atoms in total. The van der Waals surface area contributed by atoms with E-state index in [1.165, 1.54) is 4.88 Å². The average molecular weight is 346 g/mol. The van der Waals surface area contributed by atoms with Crippen LogP contribution in [0.2, 0.25) is 0 Å². The third-order valence-corrected chi connectivity index (χ3v) is 5.87. The molecule has 1 saturated heterocycles. The molecule has 6 heteroatoms. The van der Waals surface area contributed by atoms with Crippen LogP contribution in [0.3, 0.4) is 0 Å². The highest BCUT2D eigenvalue weighted by molar-refractivity contribution is 7.10. The molecule has 3 heterocycles. The number of hydrogen-bond donors (Lipinski definition) is 1. The first-order chi connectivity index (χ1) is 11.6. The van der Waals surface area contributed by atoms with Crippen LogP contribution in [0, 0.1) is 6.92 Å². The number of amides is 1. The van der Waals surface area contributed by atoms with Crippen molar-refractivity contribution in [3.05, 3.63) is 40.3 Å². The van der Waals surface area contributed by atoms with E-state index in [0.29, 0.717) is 6.54 Å². The van der Waals surface area contributed by atoms with Gasteiger partial charge >= 0.3 is 0 Å². The predicted molar refractivity (Wildman–Crippen MR) is 97.1 cm³/mol. The summed E-state index contributed by atoms with van der Waals surface area (Å²) in [5, 5.41) is 9.84. The van der Waals surface area contributed by atoms with Crippen molar-refractivity contribution < 1.29 is 4.79 Å². The molecule has 1 amide bonds. The molecule has 130 valence electrons. The second-order valence-corrected chi connectivity index (χ2v) is 7.65. The Bertz CT molecular complexity index is 666. The molecule has 1 fully saturated rings. The second-order valence-electron chi connectivity index (χ2n) is 6.67. The van der Waals surface area contributed by atoms with Gasteiger partial charge in [0.1, 0.15) is 0 Å². The van der Waals surface area contributed by atoms with Crippen LogP contribution < -0.4 is 5.32 Å². The van der Waals surface area contributed by atoms with E-state index in [4.69, 9.17) is 0 Å². The summed E-state index contributed by atoms with van der Waals surface area (Å²) < 4.78 is 1.96. The summed E-state index contributed by atoms with van der Waals surface area (Å²) in [6.45, 7) is 7.52. The first-order valence-corrected chi connectivity index (χ1v) is 9.51. The summed E-state index contributed by atoms with van der Waals surface area (Å²) in [6, 6.07) is 4.85. The number of carbonyl (C=O) groups is 1. The maximum absolute atomic E-state index is 12.7. The van der Waals surface area contributed by atoms with E-state index in [9.17, 15) is 4.79 Å². The summed E-state index contributed by atoms with van der Waals surface area (Å²) in [6.07, 6.45) is 6.07. The lowest BCUT2D eigenvalue weighted by atomic mass is 10.1. The molecule has 1 aliphatic rings. The van der Waals surface area contributed by atoms with Crippen molar-refractivity contribution in [2.75, 3.05) is 13.1 Å². The van der Waals surface area contributed by atoms with Gasteiger partial charge in [0, 0.05) is 23.7 Å². The molecule has 1 N–H and O–H groups in total. The van der Waals surface area contributed by atoms with E-state index in [1.54, 1.807) is 11.3 Å². The zero-order chi connectivity index (χ0) is 17.1. The number of thiophene rings is 1. The summed E-state index contributed by atoms with van der Waals surface area (Å²) in [7, 11) is 0. The fourth-order valence-electron chi connectivity index (χ4n) is 3.25. The Balaban J connectivity index is 1.55. The third-order valence-electron chi connectivity index (χ3n) is 4.89. The Morgan fingerprint density at radius 3 is 3.00 bits per heavy atom. The van der Waals surface area contributed by atoms with Crippen molar-refractivity contribution >= 4 is 17.2 Å². The minimum absolute atomic E-state index is 0.177. The zero-order valence-electron chi connectivity index (χ0n) is 14.6. The Hall–Kier alpha value is -1.66. The van der Waals surface area contributed by atoms with Crippen molar-refractivity contribution in [2.24, 2.45) is 0 Å². The summed E-state index contributed by atoms with van der Waals surface area (Å²) in [5.74, 6) is 0.196. The highest BCUT2D eigenvalue weighted by atomic mass is 32.1. The normalized spacial score (nSPS) is 20.3. The van der Waals surface area contributed by atoms with Gasteiger partial charge in [-0.2, -0.15) is 5.10 Å². The zero-order valence-corrected chi connectivity index (χ0v) is 15.4. The second kappa shape index (κ2) is 7.49. The largest absolute Gasteiger partial charge is 0.334 e. The van der Waals surface area contributed by atoms with Gasteiger partial charge in [-0.3, -0.25) is 9.48 Å². The molecule has 2 aromatic rings. The Morgan fingerprint density at radius 2 is 2.33 bits per heavy atom. The molecular formula is C18H26N4OS. The minimum atomic E-state index is 0.177. The number of nitrogens with zero attached hydrogens (tertiary/aromatic N) is 3. The summed E-state index contributed by atoms with van der Waals surface area (Å²) >= 11 is 1.74. The molecule has 2 aromatic heterocycles. The molecular weight excluding hydrogens is 320 g/mol. The molecule has 1 aliphatic heterocycles. The van der Waals surface area contributed by atoms with Gasteiger partial charge < -0.3 is 10.2 Å². The van der Waals surface area contributed by atoms with E-state index < -0.39 is 0 Å². The number of likely N-dealkylation sites (tertiary alicyclic amines) is 1. The highest BCUT2D eigenvalue weighted by Crippen LogP contribution is 2.34. The molecule has 0 bridgehead atoms. The molecule has 24 heavy (non-hydrogen) atoms. The van der Waals surface area contributed by atoms with Crippen molar-refractivity contribution in [3.8, 4) is 0 Å². The van der Waals surface area contributed by atoms with Gasteiger partial charge in [-0.15, -0.1) is 11.3 Å². The van der Waals surface area contributed by atoms with Crippen molar-refractivity contribution in [3.63, 3.8) is 0 Å². The van der Waals surface area contributed by atoms with Crippen molar-refractivity contribution in [1.29, 1.82) is 0 Å². The van der Waals surface area contributed by atoms with Crippen molar-refractivity contribution in [1.82, 2.24) is 20.0 Å². The number of hydrogen-bond acceptors (Lipinski definition) is 4. The maximum atomic E-state index is 12.7. The van der Waals surface area contributed by atoms with Crippen LogP contribution in [0.5, 0.6) is 0 Å². The third kappa shape index (κ3) is 3.70. The van der Waals surface area contributed by atoms with Gasteiger partial charge in [0.25, 0.3) is 0 Å². The van der Waals surface area contributed by atoms with Gasteiger partial charge in [-0.25, -0.2) is 0 Å². The van der Waals surface area contributed by atoms with Gasteiger partial charge in [-0.1, -0.05) is 6.07 Å². The number of nitrogens with one attached hydrogen (secondary N) is 1. The molecule has 0 radical (unpaired) electrons. The molecule has 3 unspecified atom stereocenters. The van der Waals surface area contributed by atoms with Crippen LogP contribution in [-0.4, -0.2) is 39.7 Å². The lowest BCUT2D eigenvalue weighted by Crippen LogP contribution is -2.42. The fraction of sp³-hybridized carbons (Fsp3) is 0.556. The highest BCUT2D eigenvalue weighted by Gasteiger charge is 2.30. The molecule has 0 aliphatic carbocycles. The molecule has 0 aromatic carbocycles. The Morgan fingerprint density at radius 1 is 1.50 bits per heavy atom.